The molecule has 1 saturated carbocycles. The van der Waals surface area contributed by atoms with E-state index in [2.05, 4.69) is 38.9 Å². The first-order chi connectivity index (χ1) is 18.0. The first-order valence-electron chi connectivity index (χ1n) is 13.5. The number of carboxylic acid groups (broad SMARTS) is 1. The number of benzene rings is 2. The van der Waals surface area contributed by atoms with Crippen molar-refractivity contribution >= 4 is 28.5 Å². The molecule has 0 spiro atoms. The van der Waals surface area contributed by atoms with Crippen molar-refractivity contribution in [3.8, 4) is 0 Å². The Morgan fingerprint density at radius 1 is 1.05 bits per heavy atom. The standard InChI is InChI=1S/C32H37FN2O3/c1-31(2)18-24(19-32(3,4)20-31)29(22-11-8-21(9-12-22)10-15-28(36)37)23-13-14-26-25(17-23)30(33)34-35(26)27-7-5-6-16-38-27/h8-15,17,27H,5-7,16,18-20H2,1-4H3,(H,36,37)/b15-10+. The molecule has 0 bridgehead atoms. The number of carboxylic acids is 1. The number of fused-ring (bicyclic) bond motifs is 1. The van der Waals surface area contributed by atoms with E-state index in [0.29, 0.717) is 12.0 Å². The summed E-state index contributed by atoms with van der Waals surface area (Å²) in [4.78, 5) is 11.0. The molecular formula is C32H37FN2O3. The summed E-state index contributed by atoms with van der Waals surface area (Å²) in [6.45, 7) is 9.96. The van der Waals surface area contributed by atoms with Crippen molar-refractivity contribution in [3.05, 3.63) is 76.8 Å². The number of carbonyl (C=O) groups is 1. The minimum Gasteiger partial charge on any atom is -0.478 e. The molecule has 0 radical (unpaired) electrons. The molecule has 38 heavy (non-hydrogen) atoms. The second-order valence-electron chi connectivity index (χ2n) is 12.4. The average Bonchev–Trinajstić information content (AvgIpc) is 3.18. The van der Waals surface area contributed by atoms with Gasteiger partial charge < -0.3 is 9.84 Å². The molecule has 5 nitrogen and oxygen atoms in total. The zero-order valence-electron chi connectivity index (χ0n) is 22.8. The van der Waals surface area contributed by atoms with Crippen molar-refractivity contribution in [1.82, 2.24) is 9.78 Å². The summed E-state index contributed by atoms with van der Waals surface area (Å²) in [5.74, 6) is -1.45. The average molecular weight is 517 g/mol. The smallest absolute Gasteiger partial charge is 0.328 e. The fourth-order valence-corrected chi connectivity index (χ4v) is 6.71. The quantitative estimate of drug-likeness (QED) is 0.349. The number of halogens is 1. The van der Waals surface area contributed by atoms with Crippen LogP contribution in [0.4, 0.5) is 4.39 Å². The molecular weight excluding hydrogens is 479 g/mol. The third-order valence-electron chi connectivity index (χ3n) is 7.69. The molecule has 2 fully saturated rings. The first kappa shape index (κ1) is 26.4. The highest BCUT2D eigenvalue weighted by Gasteiger charge is 2.37. The third-order valence-corrected chi connectivity index (χ3v) is 7.69. The number of ether oxygens (including phenoxy) is 1. The van der Waals surface area contributed by atoms with Gasteiger partial charge in [-0.2, -0.15) is 4.39 Å². The molecule has 6 heteroatoms. The molecule has 1 aromatic heterocycles. The minimum atomic E-state index is -0.974. The van der Waals surface area contributed by atoms with E-state index in [1.165, 1.54) is 5.57 Å². The Morgan fingerprint density at radius 3 is 2.37 bits per heavy atom. The number of nitrogens with zero attached hydrogens (tertiary/aromatic N) is 2. The van der Waals surface area contributed by atoms with Crippen LogP contribution in [0.3, 0.4) is 0 Å². The second-order valence-corrected chi connectivity index (χ2v) is 12.4. The van der Waals surface area contributed by atoms with Crippen LogP contribution in [0, 0.1) is 16.8 Å². The van der Waals surface area contributed by atoms with Crippen molar-refractivity contribution in [2.24, 2.45) is 10.8 Å². The predicted octanol–water partition coefficient (Wildman–Crippen LogP) is 8.01. The predicted molar refractivity (Wildman–Crippen MR) is 149 cm³/mol. The number of aliphatic carboxylic acids is 1. The van der Waals surface area contributed by atoms with Gasteiger partial charge in [0.15, 0.2) is 6.23 Å². The Bertz CT molecular complexity index is 1390. The topological polar surface area (TPSA) is 64.3 Å². The van der Waals surface area contributed by atoms with Crippen LogP contribution < -0.4 is 0 Å². The summed E-state index contributed by atoms with van der Waals surface area (Å²) in [7, 11) is 0. The zero-order valence-corrected chi connectivity index (χ0v) is 22.8. The van der Waals surface area contributed by atoms with Crippen molar-refractivity contribution < 1.29 is 19.0 Å². The van der Waals surface area contributed by atoms with Crippen LogP contribution in [0.25, 0.3) is 22.6 Å². The van der Waals surface area contributed by atoms with Crippen LogP contribution in [-0.2, 0) is 9.53 Å². The van der Waals surface area contributed by atoms with Gasteiger partial charge in [-0.05, 0) is 89.8 Å². The molecule has 1 unspecified atom stereocenters. The molecule has 2 heterocycles. The molecule has 1 aliphatic heterocycles. The van der Waals surface area contributed by atoms with Crippen LogP contribution in [0.15, 0.2) is 54.1 Å². The maximum absolute atomic E-state index is 15.2. The molecule has 200 valence electrons. The molecule has 5 rings (SSSR count). The van der Waals surface area contributed by atoms with E-state index in [9.17, 15) is 4.79 Å². The number of hydrogen-bond acceptors (Lipinski definition) is 3. The highest BCUT2D eigenvalue weighted by molar-refractivity contribution is 5.90. The van der Waals surface area contributed by atoms with E-state index in [4.69, 9.17) is 9.84 Å². The maximum atomic E-state index is 15.2. The number of aromatic nitrogens is 2. The van der Waals surface area contributed by atoms with Crippen LogP contribution >= 0.6 is 0 Å². The van der Waals surface area contributed by atoms with Crippen molar-refractivity contribution in [2.45, 2.75) is 72.4 Å². The van der Waals surface area contributed by atoms with Crippen LogP contribution in [0.2, 0.25) is 0 Å². The van der Waals surface area contributed by atoms with Gasteiger partial charge in [0, 0.05) is 12.7 Å². The van der Waals surface area contributed by atoms with Gasteiger partial charge in [0.2, 0.25) is 5.95 Å². The van der Waals surface area contributed by atoms with E-state index < -0.39 is 11.9 Å². The zero-order chi connectivity index (χ0) is 27.1. The minimum absolute atomic E-state index is 0.144. The highest BCUT2D eigenvalue weighted by Crippen LogP contribution is 2.51. The SMILES string of the molecule is CC1(C)CC(=C(c2ccc(/C=C/C(=O)O)cc2)c2ccc3c(c2)c(F)nn3C2CCCCO2)CC(C)(C)C1. The maximum Gasteiger partial charge on any atom is 0.328 e. The molecule has 1 aliphatic carbocycles. The fraction of sp³-hybridized carbons (Fsp3) is 0.438. The second kappa shape index (κ2) is 10.1. The lowest BCUT2D eigenvalue weighted by Crippen LogP contribution is -2.30. The van der Waals surface area contributed by atoms with Crippen LogP contribution in [0.5, 0.6) is 0 Å². The largest absolute Gasteiger partial charge is 0.478 e. The highest BCUT2D eigenvalue weighted by atomic mass is 19.1. The van der Waals surface area contributed by atoms with Gasteiger partial charge in [0.1, 0.15) is 0 Å². The lowest BCUT2D eigenvalue weighted by Gasteiger charge is -2.43. The van der Waals surface area contributed by atoms with E-state index in [0.717, 1.165) is 72.4 Å². The summed E-state index contributed by atoms with van der Waals surface area (Å²) >= 11 is 0. The van der Waals surface area contributed by atoms with E-state index in [1.807, 2.05) is 36.4 Å². The van der Waals surface area contributed by atoms with Gasteiger partial charge in [-0.15, -0.1) is 5.10 Å². The van der Waals surface area contributed by atoms with Crippen molar-refractivity contribution in [3.63, 3.8) is 0 Å². The molecule has 1 saturated heterocycles. The van der Waals surface area contributed by atoms with Gasteiger partial charge in [0.05, 0.1) is 10.9 Å². The molecule has 1 atom stereocenters. The van der Waals surface area contributed by atoms with Gasteiger partial charge in [0.25, 0.3) is 0 Å². The Hall–Kier alpha value is -3.25. The monoisotopic (exact) mass is 516 g/mol. The summed E-state index contributed by atoms with van der Waals surface area (Å²) in [6, 6.07) is 13.9. The lowest BCUT2D eigenvalue weighted by atomic mass is 9.62. The van der Waals surface area contributed by atoms with Gasteiger partial charge in [-0.3, -0.25) is 0 Å². The summed E-state index contributed by atoms with van der Waals surface area (Å²) in [5.41, 5.74) is 6.36. The van der Waals surface area contributed by atoms with E-state index in [1.54, 1.807) is 10.8 Å². The van der Waals surface area contributed by atoms with E-state index >= 15 is 4.39 Å². The normalized spacial score (nSPS) is 21.2. The molecule has 1 N–H and O–H groups in total. The lowest BCUT2D eigenvalue weighted by molar-refractivity contribution is -0.131. The fourth-order valence-electron chi connectivity index (χ4n) is 6.71. The summed E-state index contributed by atoms with van der Waals surface area (Å²) in [5, 5.41) is 13.7. The molecule has 3 aromatic rings. The summed E-state index contributed by atoms with van der Waals surface area (Å²) < 4.78 is 22.8. The number of hydrogen-bond donors (Lipinski definition) is 1. The Labute approximate surface area is 224 Å². The number of allylic oxidation sites excluding steroid dienone is 1. The van der Waals surface area contributed by atoms with Gasteiger partial charge in [-0.1, -0.05) is 63.6 Å². The molecule has 0 amide bonds. The Balaban J connectivity index is 1.63. The van der Waals surface area contributed by atoms with Crippen LogP contribution in [-0.4, -0.2) is 27.5 Å². The number of rotatable bonds is 5. The van der Waals surface area contributed by atoms with Crippen molar-refractivity contribution in [1.29, 1.82) is 0 Å². The van der Waals surface area contributed by atoms with Crippen molar-refractivity contribution in [2.75, 3.05) is 6.61 Å². The van der Waals surface area contributed by atoms with Gasteiger partial charge >= 0.3 is 5.97 Å². The van der Waals surface area contributed by atoms with Gasteiger partial charge in [-0.25, -0.2) is 9.48 Å². The third kappa shape index (κ3) is 5.60. The Morgan fingerprint density at radius 2 is 1.74 bits per heavy atom. The molecule has 2 aromatic carbocycles. The molecule has 2 aliphatic rings. The summed E-state index contributed by atoms with van der Waals surface area (Å²) in [6.07, 6.45) is 8.47. The first-order valence-corrected chi connectivity index (χ1v) is 13.5. The van der Waals surface area contributed by atoms with E-state index in [-0.39, 0.29) is 17.1 Å². The Kier molecular flexibility index (Phi) is 7.03. The van der Waals surface area contributed by atoms with Crippen LogP contribution in [0.1, 0.15) is 89.1 Å².